The van der Waals surface area contributed by atoms with Crippen molar-refractivity contribution in [1.82, 2.24) is 4.98 Å². The Labute approximate surface area is 85.0 Å². The minimum atomic E-state index is 0.142. The predicted octanol–water partition coefficient (Wildman–Crippen LogP) is 2.51. The number of fused-ring (bicyclic) bond motifs is 1. The van der Waals surface area contributed by atoms with E-state index in [9.17, 15) is 5.11 Å². The van der Waals surface area contributed by atoms with E-state index in [1.54, 1.807) is 24.4 Å². The molecule has 0 aliphatic carbocycles. The van der Waals surface area contributed by atoms with Crippen LogP contribution in [0.15, 0.2) is 35.4 Å². The van der Waals surface area contributed by atoms with E-state index in [0.29, 0.717) is 5.52 Å². The Morgan fingerprint density at radius 2 is 2.21 bits per heavy atom. The summed E-state index contributed by atoms with van der Waals surface area (Å²) in [5.74, 6) is 0.142. The van der Waals surface area contributed by atoms with Crippen molar-refractivity contribution in [2.75, 3.05) is 0 Å². The zero-order valence-corrected chi connectivity index (χ0v) is 7.95. The third kappa shape index (κ3) is 1.38. The number of rotatable bonds is 1. The van der Waals surface area contributed by atoms with Crippen LogP contribution in [0.1, 0.15) is 0 Å². The molecule has 0 amide bonds. The molecule has 0 radical (unpaired) electrons. The van der Waals surface area contributed by atoms with Crippen molar-refractivity contribution in [2.45, 2.75) is 4.90 Å². The summed E-state index contributed by atoms with van der Waals surface area (Å²) in [7, 11) is 0. The number of nitrogens with zero attached hydrogens (tertiary/aromatic N) is 2. The van der Waals surface area contributed by atoms with Crippen LogP contribution in [0.5, 0.6) is 5.75 Å². The molecule has 2 aromatic rings. The lowest BCUT2D eigenvalue weighted by Crippen LogP contribution is -1.81. The standard InChI is InChI=1S/C10H6N2OS/c11-6-14-9-4-5-12-10-7(9)2-1-3-8(10)13/h1-5,13H. The van der Waals surface area contributed by atoms with Crippen LogP contribution in [0.25, 0.3) is 10.9 Å². The molecule has 3 nitrogen and oxygen atoms in total. The monoisotopic (exact) mass is 202 g/mol. The molecule has 0 aliphatic rings. The molecule has 68 valence electrons. The van der Waals surface area contributed by atoms with Crippen molar-refractivity contribution in [3.05, 3.63) is 30.5 Å². The number of thiocyanates is 1. The van der Waals surface area contributed by atoms with Crippen LogP contribution in [0.2, 0.25) is 0 Å². The fourth-order valence-electron chi connectivity index (χ4n) is 1.27. The van der Waals surface area contributed by atoms with Gasteiger partial charge in [-0.15, -0.1) is 0 Å². The van der Waals surface area contributed by atoms with Crippen molar-refractivity contribution in [1.29, 1.82) is 5.26 Å². The summed E-state index contributed by atoms with van der Waals surface area (Å²) in [6.45, 7) is 0. The van der Waals surface area contributed by atoms with Crippen molar-refractivity contribution in [3.8, 4) is 11.2 Å². The molecule has 0 saturated carbocycles. The van der Waals surface area contributed by atoms with Crippen LogP contribution in [-0.2, 0) is 0 Å². The van der Waals surface area contributed by atoms with E-state index >= 15 is 0 Å². The second-order valence-corrected chi connectivity index (χ2v) is 3.50. The third-order valence-corrected chi connectivity index (χ3v) is 2.53. The Balaban J connectivity index is 2.76. The van der Waals surface area contributed by atoms with Gasteiger partial charge in [0.05, 0.1) is 0 Å². The molecule has 0 unspecified atom stereocenters. The highest BCUT2D eigenvalue weighted by Crippen LogP contribution is 2.29. The first-order valence-corrected chi connectivity index (χ1v) is 4.77. The van der Waals surface area contributed by atoms with E-state index in [2.05, 4.69) is 4.98 Å². The summed E-state index contributed by atoms with van der Waals surface area (Å²) in [6, 6.07) is 6.91. The lowest BCUT2D eigenvalue weighted by atomic mass is 10.2. The van der Waals surface area contributed by atoms with Crippen molar-refractivity contribution >= 4 is 22.7 Å². The molecule has 2 rings (SSSR count). The summed E-state index contributed by atoms with van der Waals surface area (Å²) in [5.41, 5.74) is 0.535. The average Bonchev–Trinajstić information content (AvgIpc) is 2.20. The quantitative estimate of drug-likeness (QED) is 0.570. The highest BCUT2D eigenvalue weighted by molar-refractivity contribution is 8.04. The molecule has 4 heteroatoms. The molecule has 0 bridgehead atoms. The molecule has 1 heterocycles. The number of aromatic nitrogens is 1. The topological polar surface area (TPSA) is 56.9 Å². The minimum absolute atomic E-state index is 0.142. The Hall–Kier alpha value is -1.73. The van der Waals surface area contributed by atoms with Gasteiger partial charge in [0.1, 0.15) is 16.7 Å². The predicted molar refractivity (Wildman–Crippen MR) is 54.9 cm³/mol. The lowest BCUT2D eigenvalue weighted by molar-refractivity contribution is 0.480. The number of benzene rings is 1. The Morgan fingerprint density at radius 1 is 1.36 bits per heavy atom. The van der Waals surface area contributed by atoms with Gasteiger partial charge in [0.25, 0.3) is 0 Å². The molecule has 14 heavy (non-hydrogen) atoms. The number of nitriles is 1. The second-order valence-electron chi connectivity index (χ2n) is 2.68. The second kappa shape index (κ2) is 3.56. The largest absolute Gasteiger partial charge is 0.506 e. The molecule has 0 spiro atoms. The number of thioether (sulfide) groups is 1. The van der Waals surface area contributed by atoms with Gasteiger partial charge >= 0.3 is 0 Å². The fourth-order valence-corrected chi connectivity index (χ4v) is 1.78. The van der Waals surface area contributed by atoms with Crippen molar-refractivity contribution in [2.24, 2.45) is 0 Å². The average molecular weight is 202 g/mol. The lowest BCUT2D eigenvalue weighted by Gasteiger charge is -2.02. The van der Waals surface area contributed by atoms with Crippen LogP contribution < -0.4 is 0 Å². The fraction of sp³-hybridized carbons (Fsp3) is 0. The molecule has 0 aliphatic heterocycles. The summed E-state index contributed by atoms with van der Waals surface area (Å²) in [4.78, 5) is 4.86. The summed E-state index contributed by atoms with van der Waals surface area (Å²) in [5, 5.41) is 20.9. The van der Waals surface area contributed by atoms with E-state index < -0.39 is 0 Å². The van der Waals surface area contributed by atoms with Crippen molar-refractivity contribution in [3.63, 3.8) is 0 Å². The van der Waals surface area contributed by atoms with Gasteiger partial charge in [-0.05, 0) is 23.9 Å². The zero-order valence-electron chi connectivity index (χ0n) is 7.14. The SMILES string of the molecule is N#CSc1ccnc2c(O)cccc12. The van der Waals surface area contributed by atoms with Crippen molar-refractivity contribution < 1.29 is 5.11 Å². The maximum Gasteiger partial charge on any atom is 0.141 e. The van der Waals surface area contributed by atoms with Crippen LogP contribution in [0, 0.1) is 10.7 Å². The van der Waals surface area contributed by atoms with E-state index in [1.165, 1.54) is 0 Å². The van der Waals surface area contributed by atoms with Crippen LogP contribution >= 0.6 is 11.8 Å². The molecular formula is C10H6N2OS. The van der Waals surface area contributed by atoms with Gasteiger partial charge < -0.3 is 5.11 Å². The highest BCUT2D eigenvalue weighted by Gasteiger charge is 2.04. The number of hydrogen-bond donors (Lipinski definition) is 1. The first kappa shape index (κ1) is 8.85. The normalized spacial score (nSPS) is 9.93. The Bertz CT molecular complexity index is 519. The summed E-state index contributed by atoms with van der Waals surface area (Å²) < 4.78 is 0. The minimum Gasteiger partial charge on any atom is -0.506 e. The van der Waals surface area contributed by atoms with E-state index in [0.717, 1.165) is 22.0 Å². The smallest absolute Gasteiger partial charge is 0.141 e. The van der Waals surface area contributed by atoms with Crippen LogP contribution in [-0.4, -0.2) is 10.1 Å². The third-order valence-electron chi connectivity index (χ3n) is 1.87. The van der Waals surface area contributed by atoms with Gasteiger partial charge in [-0.25, -0.2) is 0 Å². The van der Waals surface area contributed by atoms with Gasteiger partial charge in [-0.3, -0.25) is 4.98 Å². The molecule has 0 saturated heterocycles. The van der Waals surface area contributed by atoms with Crippen LogP contribution in [0.3, 0.4) is 0 Å². The molecule has 1 aromatic carbocycles. The van der Waals surface area contributed by atoms with Gasteiger partial charge in [0.15, 0.2) is 0 Å². The molecule has 1 aromatic heterocycles. The maximum absolute atomic E-state index is 9.51. The molecule has 1 N–H and O–H groups in total. The molecule has 0 fully saturated rings. The highest BCUT2D eigenvalue weighted by atomic mass is 32.2. The number of para-hydroxylation sites is 1. The number of pyridine rings is 1. The summed E-state index contributed by atoms with van der Waals surface area (Å²) in [6.07, 6.45) is 1.59. The van der Waals surface area contributed by atoms with Gasteiger partial charge in [-0.2, -0.15) is 5.26 Å². The number of phenolic OH excluding ortho intramolecular Hbond substituents is 1. The zero-order chi connectivity index (χ0) is 9.97. The van der Waals surface area contributed by atoms with Crippen LogP contribution in [0.4, 0.5) is 0 Å². The van der Waals surface area contributed by atoms with E-state index in [1.807, 2.05) is 11.5 Å². The number of aromatic hydroxyl groups is 1. The van der Waals surface area contributed by atoms with Gasteiger partial charge in [-0.1, -0.05) is 12.1 Å². The maximum atomic E-state index is 9.51. The van der Waals surface area contributed by atoms with E-state index in [-0.39, 0.29) is 5.75 Å². The Morgan fingerprint density at radius 3 is 3.00 bits per heavy atom. The summed E-state index contributed by atoms with van der Waals surface area (Å²) >= 11 is 1.07. The van der Waals surface area contributed by atoms with Gasteiger partial charge in [0.2, 0.25) is 0 Å². The molecule has 0 atom stereocenters. The first-order valence-electron chi connectivity index (χ1n) is 3.95. The van der Waals surface area contributed by atoms with Gasteiger partial charge in [0, 0.05) is 16.5 Å². The number of hydrogen-bond acceptors (Lipinski definition) is 4. The Kier molecular flexibility index (Phi) is 2.25. The first-order chi connectivity index (χ1) is 6.83. The number of phenols is 1. The molecular weight excluding hydrogens is 196 g/mol. The van der Waals surface area contributed by atoms with E-state index in [4.69, 9.17) is 5.26 Å².